The number of benzene rings is 1. The van der Waals surface area contributed by atoms with Crippen molar-refractivity contribution in [3.8, 4) is 0 Å². The van der Waals surface area contributed by atoms with Crippen molar-refractivity contribution < 1.29 is 4.79 Å². The topological polar surface area (TPSA) is 68.0 Å². The lowest BCUT2D eigenvalue weighted by atomic mass is 10.1. The smallest absolute Gasteiger partial charge is 0.220 e. The van der Waals surface area contributed by atoms with Gasteiger partial charge in [0.2, 0.25) is 5.91 Å². The van der Waals surface area contributed by atoms with Gasteiger partial charge in [-0.3, -0.25) is 4.79 Å². The van der Waals surface area contributed by atoms with Crippen LogP contribution in [0.25, 0.3) is 0 Å². The second-order valence-electron chi connectivity index (χ2n) is 4.44. The third-order valence-electron chi connectivity index (χ3n) is 2.76. The van der Waals surface area contributed by atoms with E-state index >= 15 is 0 Å². The Bertz CT molecular complexity index is 565. The van der Waals surface area contributed by atoms with E-state index in [1.807, 2.05) is 17.5 Å². The first-order valence-electron chi connectivity index (χ1n) is 6.15. The van der Waals surface area contributed by atoms with Gasteiger partial charge in [0.25, 0.3) is 0 Å². The molecule has 100 valence electrons. The summed E-state index contributed by atoms with van der Waals surface area (Å²) in [6, 6.07) is 8.21. The molecule has 1 heterocycles. The van der Waals surface area contributed by atoms with E-state index in [9.17, 15) is 4.79 Å². The van der Waals surface area contributed by atoms with Crippen molar-refractivity contribution in [2.75, 3.05) is 5.73 Å². The van der Waals surface area contributed by atoms with Gasteiger partial charge >= 0.3 is 0 Å². The Kier molecular flexibility index (Phi) is 4.52. The maximum absolute atomic E-state index is 11.7. The Morgan fingerprint density at radius 1 is 1.47 bits per heavy atom. The Morgan fingerprint density at radius 2 is 2.32 bits per heavy atom. The zero-order valence-electron chi connectivity index (χ0n) is 10.8. The largest absolute Gasteiger partial charge is 0.375 e. The number of anilines is 1. The number of rotatable bonds is 5. The van der Waals surface area contributed by atoms with Gasteiger partial charge in [0.1, 0.15) is 0 Å². The summed E-state index contributed by atoms with van der Waals surface area (Å²) < 4.78 is 0. The summed E-state index contributed by atoms with van der Waals surface area (Å²) in [5.74, 6) is 0.0353. The van der Waals surface area contributed by atoms with Crippen LogP contribution in [0.4, 0.5) is 5.13 Å². The van der Waals surface area contributed by atoms with E-state index in [-0.39, 0.29) is 5.91 Å². The van der Waals surface area contributed by atoms with Crippen LogP contribution in [-0.2, 0) is 17.8 Å². The van der Waals surface area contributed by atoms with Gasteiger partial charge < -0.3 is 11.1 Å². The van der Waals surface area contributed by atoms with Gasteiger partial charge in [-0.2, -0.15) is 0 Å². The van der Waals surface area contributed by atoms with Crippen LogP contribution in [0.1, 0.15) is 23.2 Å². The molecule has 0 aliphatic carbocycles. The van der Waals surface area contributed by atoms with Crippen LogP contribution in [0.15, 0.2) is 29.6 Å². The summed E-state index contributed by atoms with van der Waals surface area (Å²) >= 11 is 1.38. The number of nitrogens with one attached hydrogen (secondary N) is 1. The highest BCUT2D eigenvalue weighted by Gasteiger charge is 2.04. The van der Waals surface area contributed by atoms with Crippen LogP contribution >= 0.6 is 11.3 Å². The third-order valence-corrected chi connectivity index (χ3v) is 3.48. The number of hydrogen-bond donors (Lipinski definition) is 2. The van der Waals surface area contributed by atoms with E-state index in [0.717, 1.165) is 12.1 Å². The first-order chi connectivity index (χ1) is 9.13. The number of aromatic nitrogens is 1. The summed E-state index contributed by atoms with van der Waals surface area (Å²) in [5.41, 5.74) is 8.75. The van der Waals surface area contributed by atoms with Gasteiger partial charge in [0.15, 0.2) is 5.13 Å². The molecular weight excluding hydrogens is 258 g/mol. The number of amides is 1. The van der Waals surface area contributed by atoms with E-state index in [2.05, 4.69) is 29.4 Å². The maximum Gasteiger partial charge on any atom is 0.220 e. The molecule has 0 bridgehead atoms. The first kappa shape index (κ1) is 13.5. The van der Waals surface area contributed by atoms with Crippen molar-refractivity contribution in [2.24, 2.45) is 0 Å². The molecule has 0 radical (unpaired) electrons. The molecule has 0 atom stereocenters. The molecule has 4 nitrogen and oxygen atoms in total. The fraction of sp³-hybridized carbons (Fsp3) is 0.286. The monoisotopic (exact) mass is 275 g/mol. The lowest BCUT2D eigenvalue weighted by molar-refractivity contribution is -0.121. The second-order valence-corrected chi connectivity index (χ2v) is 5.33. The Labute approximate surface area is 116 Å². The second kappa shape index (κ2) is 6.33. The van der Waals surface area contributed by atoms with Crippen LogP contribution in [0.2, 0.25) is 0 Å². The summed E-state index contributed by atoms with van der Waals surface area (Å²) in [6.45, 7) is 2.50. The van der Waals surface area contributed by atoms with Gasteiger partial charge in [0.05, 0.1) is 12.2 Å². The highest BCUT2D eigenvalue weighted by Crippen LogP contribution is 2.10. The summed E-state index contributed by atoms with van der Waals surface area (Å²) in [4.78, 5) is 15.8. The van der Waals surface area contributed by atoms with Crippen LogP contribution in [0.5, 0.6) is 0 Å². The third kappa shape index (κ3) is 4.37. The number of carbonyl (C=O) groups excluding carboxylic acids is 1. The molecule has 0 aliphatic heterocycles. The van der Waals surface area contributed by atoms with Crippen molar-refractivity contribution in [1.82, 2.24) is 10.3 Å². The zero-order chi connectivity index (χ0) is 13.7. The predicted octanol–water partition coefficient (Wildman–Crippen LogP) is 2.28. The highest BCUT2D eigenvalue weighted by molar-refractivity contribution is 7.13. The standard InChI is InChI=1S/C14H17N3OS/c1-10-3-2-4-11(7-10)5-6-13(18)16-8-12-9-19-14(15)17-12/h2-4,7,9H,5-6,8H2,1H3,(H2,15,17)(H,16,18). The summed E-state index contributed by atoms with van der Waals surface area (Å²) in [7, 11) is 0. The normalized spacial score (nSPS) is 10.4. The Hall–Kier alpha value is -1.88. The van der Waals surface area contributed by atoms with Crippen molar-refractivity contribution in [3.63, 3.8) is 0 Å². The molecule has 1 amide bonds. The fourth-order valence-electron chi connectivity index (χ4n) is 1.81. The molecule has 5 heteroatoms. The van der Waals surface area contributed by atoms with E-state index in [1.54, 1.807) is 0 Å². The van der Waals surface area contributed by atoms with Crippen molar-refractivity contribution in [1.29, 1.82) is 0 Å². The van der Waals surface area contributed by atoms with E-state index in [4.69, 9.17) is 5.73 Å². The minimum Gasteiger partial charge on any atom is -0.375 e. The number of nitrogen functional groups attached to an aromatic ring is 1. The minimum atomic E-state index is 0.0353. The molecular formula is C14H17N3OS. The quantitative estimate of drug-likeness (QED) is 0.879. The molecule has 0 saturated heterocycles. The van der Waals surface area contributed by atoms with Crippen molar-refractivity contribution >= 4 is 22.4 Å². The lowest BCUT2D eigenvalue weighted by Gasteiger charge is -2.04. The zero-order valence-corrected chi connectivity index (χ0v) is 11.7. The number of hydrogen-bond acceptors (Lipinski definition) is 4. The van der Waals surface area contributed by atoms with E-state index in [1.165, 1.54) is 22.5 Å². The van der Waals surface area contributed by atoms with Crippen LogP contribution in [0.3, 0.4) is 0 Å². The van der Waals surface area contributed by atoms with Crippen LogP contribution in [-0.4, -0.2) is 10.9 Å². The van der Waals surface area contributed by atoms with Crippen molar-refractivity contribution in [3.05, 3.63) is 46.5 Å². The van der Waals surface area contributed by atoms with Gasteiger partial charge in [0, 0.05) is 11.8 Å². The van der Waals surface area contributed by atoms with Gasteiger partial charge in [-0.25, -0.2) is 4.98 Å². The number of thiazole rings is 1. The number of carbonyl (C=O) groups is 1. The van der Waals surface area contributed by atoms with Crippen molar-refractivity contribution in [2.45, 2.75) is 26.3 Å². The first-order valence-corrected chi connectivity index (χ1v) is 7.03. The van der Waals surface area contributed by atoms with E-state index < -0.39 is 0 Å². The van der Waals surface area contributed by atoms with E-state index in [0.29, 0.717) is 18.1 Å². The number of aryl methyl sites for hydroxylation is 2. The summed E-state index contributed by atoms with van der Waals surface area (Å²) in [6.07, 6.45) is 1.25. The predicted molar refractivity (Wildman–Crippen MR) is 77.9 cm³/mol. The molecule has 1 aromatic carbocycles. The molecule has 0 aliphatic rings. The average molecular weight is 275 g/mol. The Balaban J connectivity index is 1.75. The van der Waals surface area contributed by atoms with Crippen LogP contribution < -0.4 is 11.1 Å². The molecule has 0 fully saturated rings. The minimum absolute atomic E-state index is 0.0353. The number of nitrogens with two attached hydrogens (primary N) is 1. The SMILES string of the molecule is Cc1cccc(CCC(=O)NCc2csc(N)n2)c1. The maximum atomic E-state index is 11.7. The fourth-order valence-corrected chi connectivity index (χ4v) is 2.37. The lowest BCUT2D eigenvalue weighted by Crippen LogP contribution is -2.23. The molecule has 0 unspecified atom stereocenters. The molecule has 2 aromatic rings. The Morgan fingerprint density at radius 3 is 3.00 bits per heavy atom. The molecule has 1 aromatic heterocycles. The molecule has 19 heavy (non-hydrogen) atoms. The molecule has 3 N–H and O–H groups in total. The van der Waals surface area contributed by atoms with Crippen LogP contribution in [0, 0.1) is 6.92 Å². The van der Waals surface area contributed by atoms with Gasteiger partial charge in [-0.1, -0.05) is 29.8 Å². The molecule has 0 spiro atoms. The molecule has 2 rings (SSSR count). The number of nitrogens with zero attached hydrogens (tertiary/aromatic N) is 1. The molecule has 0 saturated carbocycles. The summed E-state index contributed by atoms with van der Waals surface area (Å²) in [5, 5.41) is 5.24. The van der Waals surface area contributed by atoms with Gasteiger partial charge in [-0.15, -0.1) is 11.3 Å². The average Bonchev–Trinajstić information content (AvgIpc) is 2.80. The highest BCUT2D eigenvalue weighted by atomic mass is 32.1. The van der Waals surface area contributed by atoms with Gasteiger partial charge in [-0.05, 0) is 18.9 Å².